The van der Waals surface area contributed by atoms with Gasteiger partial charge < -0.3 is 20.1 Å². The topological polar surface area (TPSA) is 106 Å². The maximum absolute atomic E-state index is 12.9. The SMILES string of the molecule is CNC(=S)NS(=O)(=O)c1cc(CCNC(=O)c2cc(C(C)(C)C)ccc2OC)ccc1OC(C)C. The van der Waals surface area contributed by atoms with Crippen LogP contribution < -0.4 is 24.8 Å². The fourth-order valence-corrected chi connectivity index (χ4v) is 4.74. The molecule has 0 atom stereocenters. The molecule has 0 saturated heterocycles. The lowest BCUT2D eigenvalue weighted by molar-refractivity contribution is 0.0951. The monoisotopic (exact) mass is 521 g/mol. The minimum absolute atomic E-state index is 0.0211. The summed E-state index contributed by atoms with van der Waals surface area (Å²) in [5.41, 5.74) is 2.07. The molecule has 0 aliphatic rings. The van der Waals surface area contributed by atoms with E-state index >= 15 is 0 Å². The largest absolute Gasteiger partial charge is 0.496 e. The molecule has 0 radical (unpaired) electrons. The summed E-state index contributed by atoms with van der Waals surface area (Å²) < 4.78 is 39.2. The number of carbonyl (C=O) groups is 1. The molecule has 8 nitrogen and oxygen atoms in total. The molecule has 0 aromatic heterocycles. The summed E-state index contributed by atoms with van der Waals surface area (Å²) in [6.07, 6.45) is 0.192. The van der Waals surface area contributed by atoms with Crippen LogP contribution in [0.25, 0.3) is 0 Å². The van der Waals surface area contributed by atoms with E-state index in [2.05, 4.69) is 36.1 Å². The van der Waals surface area contributed by atoms with Gasteiger partial charge >= 0.3 is 0 Å². The Morgan fingerprint density at radius 3 is 2.31 bits per heavy atom. The highest BCUT2D eigenvalue weighted by Crippen LogP contribution is 2.28. The lowest BCUT2D eigenvalue weighted by atomic mass is 9.86. The second-order valence-electron chi connectivity index (χ2n) is 9.30. The van der Waals surface area contributed by atoms with Gasteiger partial charge in [0.2, 0.25) is 0 Å². The molecule has 0 fully saturated rings. The summed E-state index contributed by atoms with van der Waals surface area (Å²) in [7, 11) is -0.909. The van der Waals surface area contributed by atoms with E-state index in [1.807, 2.05) is 26.0 Å². The highest BCUT2D eigenvalue weighted by molar-refractivity contribution is 7.92. The van der Waals surface area contributed by atoms with Gasteiger partial charge in [0.05, 0.1) is 18.8 Å². The van der Waals surface area contributed by atoms with Crippen LogP contribution in [0.5, 0.6) is 11.5 Å². The van der Waals surface area contributed by atoms with Crippen LogP contribution in [0, 0.1) is 0 Å². The third kappa shape index (κ3) is 7.83. The summed E-state index contributed by atoms with van der Waals surface area (Å²) in [6, 6.07) is 10.5. The van der Waals surface area contributed by atoms with E-state index in [-0.39, 0.29) is 33.2 Å². The van der Waals surface area contributed by atoms with Gasteiger partial charge in [-0.3, -0.25) is 9.52 Å². The van der Waals surface area contributed by atoms with Gasteiger partial charge in [-0.15, -0.1) is 0 Å². The molecule has 3 N–H and O–H groups in total. The molecule has 35 heavy (non-hydrogen) atoms. The maximum atomic E-state index is 12.9. The van der Waals surface area contributed by atoms with Gasteiger partial charge in [-0.2, -0.15) is 0 Å². The Morgan fingerprint density at radius 1 is 1.09 bits per heavy atom. The lowest BCUT2D eigenvalue weighted by Crippen LogP contribution is -2.37. The number of nitrogens with one attached hydrogen (secondary N) is 3. The maximum Gasteiger partial charge on any atom is 0.267 e. The molecular formula is C25H35N3O5S2. The van der Waals surface area contributed by atoms with Crippen LogP contribution in [0.1, 0.15) is 56.1 Å². The number of hydrogen-bond acceptors (Lipinski definition) is 6. The molecule has 2 aromatic carbocycles. The Labute approximate surface area is 213 Å². The quantitative estimate of drug-likeness (QED) is 0.434. The van der Waals surface area contributed by atoms with E-state index in [1.54, 1.807) is 18.2 Å². The highest BCUT2D eigenvalue weighted by atomic mass is 32.2. The van der Waals surface area contributed by atoms with E-state index in [9.17, 15) is 13.2 Å². The number of sulfonamides is 1. The van der Waals surface area contributed by atoms with Crippen molar-refractivity contribution in [3.63, 3.8) is 0 Å². The zero-order chi connectivity index (χ0) is 26.4. The van der Waals surface area contributed by atoms with Crippen molar-refractivity contribution in [2.45, 2.75) is 57.5 Å². The van der Waals surface area contributed by atoms with Gasteiger partial charge in [-0.05, 0) is 73.3 Å². The number of methoxy groups -OCH3 is 1. The van der Waals surface area contributed by atoms with E-state index in [0.29, 0.717) is 29.8 Å². The van der Waals surface area contributed by atoms with Crippen molar-refractivity contribution >= 4 is 33.3 Å². The van der Waals surface area contributed by atoms with E-state index in [1.165, 1.54) is 20.2 Å². The summed E-state index contributed by atoms with van der Waals surface area (Å²) in [6.45, 7) is 10.2. The molecule has 0 aliphatic carbocycles. The zero-order valence-corrected chi connectivity index (χ0v) is 22.9. The van der Waals surface area contributed by atoms with E-state index in [0.717, 1.165) is 5.56 Å². The van der Waals surface area contributed by atoms with E-state index in [4.69, 9.17) is 21.7 Å². The zero-order valence-electron chi connectivity index (χ0n) is 21.3. The first-order valence-corrected chi connectivity index (χ1v) is 13.2. The molecule has 0 saturated carbocycles. The molecule has 0 heterocycles. The average Bonchev–Trinajstić information content (AvgIpc) is 2.77. The minimum atomic E-state index is -3.97. The van der Waals surface area contributed by atoms with Gasteiger partial charge in [0.15, 0.2) is 5.11 Å². The van der Waals surface area contributed by atoms with Gasteiger partial charge in [0.1, 0.15) is 16.4 Å². The fraction of sp³-hybridized carbons (Fsp3) is 0.440. The Bertz CT molecular complexity index is 1170. The molecule has 1 amide bonds. The van der Waals surface area contributed by atoms with Crippen LogP contribution in [-0.4, -0.2) is 46.2 Å². The fourth-order valence-electron chi connectivity index (χ4n) is 3.26. The van der Waals surface area contributed by atoms with Crippen molar-refractivity contribution in [3.8, 4) is 11.5 Å². The van der Waals surface area contributed by atoms with Crippen molar-refractivity contribution in [2.24, 2.45) is 0 Å². The van der Waals surface area contributed by atoms with Crippen LogP contribution in [0.4, 0.5) is 0 Å². The number of amides is 1. The summed E-state index contributed by atoms with van der Waals surface area (Å²) in [4.78, 5) is 12.9. The molecule has 0 bridgehead atoms. The third-order valence-corrected chi connectivity index (χ3v) is 6.93. The van der Waals surface area contributed by atoms with Crippen LogP contribution >= 0.6 is 12.2 Å². The first-order chi connectivity index (χ1) is 16.3. The summed E-state index contributed by atoms with van der Waals surface area (Å²) in [5, 5.41) is 5.47. The molecule has 10 heteroatoms. The number of benzene rings is 2. The van der Waals surface area contributed by atoms with Gasteiger partial charge in [-0.25, -0.2) is 8.42 Å². The Balaban J connectivity index is 2.23. The molecule has 0 aliphatic heterocycles. The Kier molecular flexibility index (Phi) is 9.51. The van der Waals surface area contributed by atoms with E-state index < -0.39 is 10.0 Å². The second-order valence-corrected chi connectivity index (χ2v) is 11.4. The third-order valence-electron chi connectivity index (χ3n) is 5.12. The van der Waals surface area contributed by atoms with Crippen LogP contribution in [0.2, 0.25) is 0 Å². The number of ether oxygens (including phenoxy) is 2. The molecule has 2 aromatic rings. The molecular weight excluding hydrogens is 486 g/mol. The standard InChI is InChI=1S/C25H35N3O5S2/c1-16(2)33-21-10-8-17(14-22(21)35(30,31)28-24(34)26-6)12-13-27-23(29)19-15-18(25(3,4)5)9-11-20(19)32-7/h8-11,14-16H,12-13H2,1-7H3,(H,27,29)(H2,26,28,34). The lowest BCUT2D eigenvalue weighted by Gasteiger charge is -2.21. The predicted molar refractivity (Wildman–Crippen MR) is 142 cm³/mol. The molecule has 0 spiro atoms. The first-order valence-electron chi connectivity index (χ1n) is 11.3. The van der Waals surface area contributed by atoms with Crippen molar-refractivity contribution in [2.75, 3.05) is 20.7 Å². The van der Waals surface area contributed by atoms with Crippen molar-refractivity contribution in [1.82, 2.24) is 15.4 Å². The van der Waals surface area contributed by atoms with Crippen molar-refractivity contribution in [3.05, 3.63) is 53.1 Å². The average molecular weight is 522 g/mol. The second kappa shape index (κ2) is 11.7. The van der Waals surface area contributed by atoms with Gasteiger partial charge in [0.25, 0.3) is 15.9 Å². The number of carbonyl (C=O) groups excluding carboxylic acids is 1. The number of thiocarbonyl (C=S) groups is 1. The molecule has 192 valence electrons. The smallest absolute Gasteiger partial charge is 0.267 e. The highest BCUT2D eigenvalue weighted by Gasteiger charge is 2.23. The van der Waals surface area contributed by atoms with Crippen LogP contribution in [-0.2, 0) is 21.9 Å². The van der Waals surface area contributed by atoms with Gasteiger partial charge in [0, 0.05) is 13.6 Å². The summed E-state index contributed by atoms with van der Waals surface area (Å²) in [5.74, 6) is 0.454. The number of hydrogen-bond donors (Lipinski definition) is 3. The minimum Gasteiger partial charge on any atom is -0.496 e. The predicted octanol–water partition coefficient (Wildman–Crippen LogP) is 3.54. The normalized spacial score (nSPS) is 11.7. The molecule has 0 unspecified atom stereocenters. The van der Waals surface area contributed by atoms with Crippen molar-refractivity contribution in [1.29, 1.82) is 0 Å². The van der Waals surface area contributed by atoms with Crippen LogP contribution in [0.3, 0.4) is 0 Å². The Morgan fingerprint density at radius 2 is 1.74 bits per heavy atom. The summed E-state index contributed by atoms with van der Waals surface area (Å²) >= 11 is 4.96. The van der Waals surface area contributed by atoms with Crippen LogP contribution in [0.15, 0.2) is 41.3 Å². The number of rotatable bonds is 9. The van der Waals surface area contributed by atoms with Gasteiger partial charge in [-0.1, -0.05) is 32.9 Å². The van der Waals surface area contributed by atoms with Crippen molar-refractivity contribution < 1.29 is 22.7 Å². The Hall–Kier alpha value is -2.85. The molecule has 2 rings (SSSR count). The first kappa shape index (κ1) is 28.4.